The van der Waals surface area contributed by atoms with Gasteiger partial charge in [0, 0.05) is 19.3 Å². The van der Waals surface area contributed by atoms with Gasteiger partial charge in [-0.25, -0.2) is 4.79 Å². The number of hydrogen-bond acceptors (Lipinski definition) is 2. The zero-order valence-corrected chi connectivity index (χ0v) is 12.1. The average molecular weight is 276 g/mol. The summed E-state index contributed by atoms with van der Waals surface area (Å²) in [6.07, 6.45) is 1.30. The Hall–Kier alpha value is -2.04. The Morgan fingerprint density at radius 2 is 2.15 bits per heavy atom. The van der Waals surface area contributed by atoms with Crippen molar-refractivity contribution in [2.45, 2.75) is 33.2 Å². The van der Waals surface area contributed by atoms with Crippen molar-refractivity contribution in [3.8, 4) is 0 Å². The molecule has 0 saturated carbocycles. The van der Waals surface area contributed by atoms with E-state index in [0.717, 1.165) is 16.8 Å². The van der Waals surface area contributed by atoms with Crippen LogP contribution >= 0.6 is 0 Å². The molecule has 1 heterocycles. The number of carbonyl (C=O) groups is 2. The minimum absolute atomic E-state index is 0.0998. The highest BCUT2D eigenvalue weighted by Crippen LogP contribution is 2.27. The highest BCUT2D eigenvalue weighted by atomic mass is 16.4. The minimum Gasteiger partial charge on any atom is -0.481 e. The van der Waals surface area contributed by atoms with E-state index in [0.29, 0.717) is 19.4 Å². The molecule has 0 atom stereocenters. The molecule has 5 heteroatoms. The molecule has 0 spiro atoms. The number of hydrogen-bond donors (Lipinski definition) is 2. The Bertz CT molecular complexity index is 552. The normalized spacial score (nSPS) is 14.8. The van der Waals surface area contributed by atoms with Crippen LogP contribution in [-0.4, -0.2) is 29.1 Å². The fraction of sp³-hybridized carbons (Fsp3) is 0.467. The van der Waals surface area contributed by atoms with Gasteiger partial charge in [-0.15, -0.1) is 0 Å². The van der Waals surface area contributed by atoms with Gasteiger partial charge in [0.1, 0.15) is 0 Å². The summed E-state index contributed by atoms with van der Waals surface area (Å²) < 4.78 is 0. The summed E-state index contributed by atoms with van der Waals surface area (Å²) >= 11 is 0. The molecule has 0 bridgehead atoms. The third-order valence-corrected chi connectivity index (χ3v) is 3.78. The van der Waals surface area contributed by atoms with Crippen molar-refractivity contribution < 1.29 is 14.7 Å². The van der Waals surface area contributed by atoms with E-state index in [-0.39, 0.29) is 6.03 Å². The SMILES string of the molecule is CN1Cc2cc(CCC(C)(C)C(=O)O)ccc2NC1=O. The van der Waals surface area contributed by atoms with E-state index in [4.69, 9.17) is 5.11 Å². The molecule has 108 valence electrons. The highest BCUT2D eigenvalue weighted by Gasteiger charge is 2.27. The predicted molar refractivity (Wildman–Crippen MR) is 76.7 cm³/mol. The van der Waals surface area contributed by atoms with Crippen molar-refractivity contribution in [2.24, 2.45) is 5.41 Å². The van der Waals surface area contributed by atoms with Gasteiger partial charge in [0.05, 0.1) is 5.41 Å². The maximum Gasteiger partial charge on any atom is 0.321 e. The van der Waals surface area contributed by atoms with Crippen LogP contribution in [0.5, 0.6) is 0 Å². The molecule has 0 saturated heterocycles. The molecular formula is C15H20N2O3. The lowest BCUT2D eigenvalue weighted by Crippen LogP contribution is -2.35. The summed E-state index contributed by atoms with van der Waals surface area (Å²) in [7, 11) is 1.75. The van der Waals surface area contributed by atoms with Crippen LogP contribution in [0.1, 0.15) is 31.4 Å². The van der Waals surface area contributed by atoms with Gasteiger partial charge in [0.15, 0.2) is 0 Å². The second kappa shape index (κ2) is 5.15. The Labute approximate surface area is 118 Å². The summed E-state index contributed by atoms with van der Waals surface area (Å²) in [6, 6.07) is 5.78. The van der Waals surface area contributed by atoms with E-state index >= 15 is 0 Å². The minimum atomic E-state index is -0.776. The molecule has 5 nitrogen and oxygen atoms in total. The van der Waals surface area contributed by atoms with Crippen LogP contribution in [-0.2, 0) is 17.8 Å². The summed E-state index contributed by atoms with van der Waals surface area (Å²) in [4.78, 5) is 24.2. The van der Waals surface area contributed by atoms with E-state index in [1.54, 1.807) is 25.8 Å². The standard InChI is InChI=1S/C15H20N2O3/c1-15(2,13(18)19)7-6-10-4-5-12-11(8-10)9-17(3)14(20)16-12/h4-5,8H,6-7,9H2,1-3H3,(H,16,20)(H,18,19). The molecule has 2 rings (SSSR count). The second-order valence-electron chi connectivity index (χ2n) is 5.97. The number of aliphatic carboxylic acids is 1. The number of amides is 2. The molecule has 2 N–H and O–H groups in total. The first-order chi connectivity index (χ1) is 9.29. The number of fused-ring (bicyclic) bond motifs is 1. The molecule has 0 aliphatic carbocycles. The lowest BCUT2D eigenvalue weighted by atomic mass is 9.86. The number of carboxylic acids is 1. The number of aryl methyl sites for hydroxylation is 1. The Kier molecular flexibility index (Phi) is 3.70. The van der Waals surface area contributed by atoms with E-state index in [1.807, 2.05) is 18.2 Å². The number of benzene rings is 1. The monoisotopic (exact) mass is 276 g/mol. The van der Waals surface area contributed by atoms with Crippen molar-refractivity contribution in [1.82, 2.24) is 4.90 Å². The first-order valence-corrected chi connectivity index (χ1v) is 6.67. The first kappa shape index (κ1) is 14.4. The Balaban J connectivity index is 2.10. The van der Waals surface area contributed by atoms with Crippen LogP contribution in [0, 0.1) is 5.41 Å². The van der Waals surface area contributed by atoms with Gasteiger partial charge < -0.3 is 15.3 Å². The van der Waals surface area contributed by atoms with Crippen molar-refractivity contribution in [1.29, 1.82) is 0 Å². The Morgan fingerprint density at radius 1 is 1.45 bits per heavy atom. The molecule has 0 unspecified atom stereocenters. The molecule has 20 heavy (non-hydrogen) atoms. The van der Waals surface area contributed by atoms with Gasteiger partial charge in [0.25, 0.3) is 0 Å². The van der Waals surface area contributed by atoms with Gasteiger partial charge in [-0.2, -0.15) is 0 Å². The van der Waals surface area contributed by atoms with E-state index in [9.17, 15) is 9.59 Å². The largest absolute Gasteiger partial charge is 0.481 e. The lowest BCUT2D eigenvalue weighted by molar-refractivity contribution is -0.147. The zero-order valence-electron chi connectivity index (χ0n) is 12.1. The van der Waals surface area contributed by atoms with Crippen LogP contribution < -0.4 is 5.32 Å². The van der Waals surface area contributed by atoms with E-state index < -0.39 is 11.4 Å². The zero-order chi connectivity index (χ0) is 14.9. The van der Waals surface area contributed by atoms with Gasteiger partial charge in [0.2, 0.25) is 0 Å². The summed E-state index contributed by atoms with van der Waals surface area (Å²) in [5.41, 5.74) is 2.29. The summed E-state index contributed by atoms with van der Waals surface area (Å²) in [5.74, 6) is -0.776. The molecule has 1 aliphatic rings. The quantitative estimate of drug-likeness (QED) is 0.888. The first-order valence-electron chi connectivity index (χ1n) is 6.67. The average Bonchev–Trinajstić information content (AvgIpc) is 2.37. The molecule has 0 radical (unpaired) electrons. The maximum absolute atomic E-state index is 11.5. The molecular weight excluding hydrogens is 256 g/mol. The number of carboxylic acid groups (broad SMARTS) is 1. The predicted octanol–water partition coefficient (Wildman–Crippen LogP) is 2.71. The molecule has 1 aliphatic heterocycles. The van der Waals surface area contributed by atoms with Gasteiger partial charge >= 0.3 is 12.0 Å². The van der Waals surface area contributed by atoms with Crippen molar-refractivity contribution >= 4 is 17.7 Å². The van der Waals surface area contributed by atoms with E-state index in [2.05, 4.69) is 5.32 Å². The molecule has 0 aromatic heterocycles. The lowest BCUT2D eigenvalue weighted by Gasteiger charge is -2.26. The Morgan fingerprint density at radius 3 is 2.80 bits per heavy atom. The van der Waals surface area contributed by atoms with Crippen molar-refractivity contribution in [2.75, 3.05) is 12.4 Å². The van der Waals surface area contributed by atoms with Gasteiger partial charge in [-0.05, 0) is 43.9 Å². The number of nitrogens with zero attached hydrogens (tertiary/aromatic N) is 1. The van der Waals surface area contributed by atoms with Crippen LogP contribution in [0.25, 0.3) is 0 Å². The fourth-order valence-corrected chi connectivity index (χ4v) is 2.16. The van der Waals surface area contributed by atoms with Crippen LogP contribution in [0.2, 0.25) is 0 Å². The van der Waals surface area contributed by atoms with E-state index in [1.165, 1.54) is 0 Å². The maximum atomic E-state index is 11.5. The number of nitrogens with one attached hydrogen (secondary N) is 1. The number of anilines is 1. The molecule has 0 fully saturated rings. The van der Waals surface area contributed by atoms with Crippen molar-refractivity contribution in [3.05, 3.63) is 29.3 Å². The van der Waals surface area contributed by atoms with Crippen molar-refractivity contribution in [3.63, 3.8) is 0 Å². The molecule has 2 amide bonds. The number of carbonyl (C=O) groups excluding carboxylic acids is 1. The third kappa shape index (κ3) is 2.92. The van der Waals surface area contributed by atoms with Gasteiger partial charge in [-0.1, -0.05) is 12.1 Å². The number of urea groups is 1. The molecule has 1 aromatic carbocycles. The topological polar surface area (TPSA) is 69.6 Å². The smallest absolute Gasteiger partial charge is 0.321 e. The number of rotatable bonds is 4. The summed E-state index contributed by atoms with van der Waals surface area (Å²) in [5, 5.41) is 11.9. The highest BCUT2D eigenvalue weighted by molar-refractivity contribution is 5.92. The van der Waals surface area contributed by atoms with Gasteiger partial charge in [-0.3, -0.25) is 4.79 Å². The van der Waals surface area contributed by atoms with Crippen LogP contribution in [0.15, 0.2) is 18.2 Å². The molecule has 1 aromatic rings. The fourth-order valence-electron chi connectivity index (χ4n) is 2.16. The third-order valence-electron chi connectivity index (χ3n) is 3.78. The van der Waals surface area contributed by atoms with Crippen LogP contribution in [0.3, 0.4) is 0 Å². The van der Waals surface area contributed by atoms with Crippen LogP contribution in [0.4, 0.5) is 10.5 Å². The second-order valence-corrected chi connectivity index (χ2v) is 5.97. The summed E-state index contributed by atoms with van der Waals surface area (Å²) in [6.45, 7) is 4.06.